The van der Waals surface area contributed by atoms with Crippen LogP contribution in [0.3, 0.4) is 0 Å². The standard InChI is InChI=1S/C42H55ClN4O4/c1-28(27-51-38-12-17-44-36-9-4-6-29(2)39(36)38)22-32-23-30-10-11-31(37(48)26-47-20-18-46(3)19-21-47)24-35(30)41(32)13-15-42(16-14-41,40(49)50)45-34-8-5-7-33(43)25-34/h5,7-8,10-12,17,24-25,28-29,32,37,45,48H,4,6,9,13-16,18-23,26-27H2,1-3H3,(H,49,50)/t28-,29-,32+,37+,41?,42?/m1/s1. The molecule has 4 aliphatic rings. The minimum atomic E-state index is -1.08. The molecular formula is C42H55ClN4O4. The van der Waals surface area contributed by atoms with Gasteiger partial charge in [0, 0.05) is 60.9 Å². The van der Waals surface area contributed by atoms with Crippen molar-refractivity contribution >= 4 is 23.3 Å². The van der Waals surface area contributed by atoms with Gasteiger partial charge in [-0.05, 0) is 129 Å². The lowest BCUT2D eigenvalue weighted by Crippen LogP contribution is -2.53. The first-order valence-corrected chi connectivity index (χ1v) is 19.5. The molecule has 0 radical (unpaired) electrons. The molecule has 3 aromatic rings. The maximum absolute atomic E-state index is 13.0. The quantitative estimate of drug-likeness (QED) is 0.188. The fraction of sp³-hybridized carbons (Fsp3) is 0.571. The molecule has 2 heterocycles. The number of ether oxygens (including phenoxy) is 1. The number of aliphatic hydroxyl groups is 1. The first-order chi connectivity index (χ1) is 24.5. The number of carbonyl (C=O) groups is 1. The van der Waals surface area contributed by atoms with E-state index in [-0.39, 0.29) is 5.41 Å². The number of fused-ring (bicyclic) bond motifs is 3. The molecule has 1 aliphatic heterocycles. The van der Waals surface area contributed by atoms with Crippen LogP contribution in [0.15, 0.2) is 54.7 Å². The summed E-state index contributed by atoms with van der Waals surface area (Å²) in [5.74, 6) is 1.28. The number of piperazine rings is 1. The molecule has 1 aromatic heterocycles. The van der Waals surface area contributed by atoms with Crippen molar-refractivity contribution in [3.8, 4) is 5.75 Å². The Morgan fingerprint density at radius 1 is 1.10 bits per heavy atom. The molecule has 9 heteroatoms. The van der Waals surface area contributed by atoms with Crippen LogP contribution in [0.25, 0.3) is 0 Å². The lowest BCUT2D eigenvalue weighted by atomic mass is 9.59. The molecule has 3 aliphatic carbocycles. The number of aliphatic carboxylic acids is 1. The number of nitrogens with zero attached hydrogens (tertiary/aromatic N) is 3. The van der Waals surface area contributed by atoms with Crippen molar-refractivity contribution in [2.45, 2.75) is 94.6 Å². The molecule has 51 heavy (non-hydrogen) atoms. The number of halogens is 1. The molecule has 274 valence electrons. The van der Waals surface area contributed by atoms with Crippen LogP contribution >= 0.6 is 11.6 Å². The van der Waals surface area contributed by atoms with Gasteiger partial charge < -0.3 is 25.2 Å². The lowest BCUT2D eigenvalue weighted by molar-refractivity contribution is -0.144. The van der Waals surface area contributed by atoms with Crippen LogP contribution in [-0.2, 0) is 23.1 Å². The minimum absolute atomic E-state index is 0.174. The number of hydrogen-bond acceptors (Lipinski definition) is 7. The van der Waals surface area contributed by atoms with Crippen molar-refractivity contribution in [2.24, 2.45) is 11.8 Å². The van der Waals surface area contributed by atoms with Gasteiger partial charge in [-0.1, -0.05) is 49.7 Å². The van der Waals surface area contributed by atoms with E-state index >= 15 is 0 Å². The Kier molecular flexibility index (Phi) is 10.7. The molecule has 4 atom stereocenters. The number of β-amino-alcohol motifs (C(OH)–C–C–N with tert-alkyl or cyclic N) is 1. The number of nitrogens with one attached hydrogen (secondary N) is 1. The summed E-state index contributed by atoms with van der Waals surface area (Å²) in [6, 6.07) is 16.0. The molecule has 1 spiro atoms. The highest BCUT2D eigenvalue weighted by Gasteiger charge is 2.54. The smallest absolute Gasteiger partial charge is 0.329 e. The van der Waals surface area contributed by atoms with Crippen LogP contribution in [0.4, 0.5) is 5.69 Å². The molecule has 2 aromatic carbocycles. The summed E-state index contributed by atoms with van der Waals surface area (Å²) in [6.45, 7) is 9.79. The molecule has 1 saturated heterocycles. The number of aromatic nitrogens is 1. The number of carboxylic acids is 1. The largest absolute Gasteiger partial charge is 0.493 e. The maximum Gasteiger partial charge on any atom is 0.329 e. The van der Waals surface area contributed by atoms with Gasteiger partial charge in [-0.3, -0.25) is 9.88 Å². The summed E-state index contributed by atoms with van der Waals surface area (Å²) in [4.78, 5) is 22.4. The third kappa shape index (κ3) is 7.53. The predicted octanol–water partition coefficient (Wildman–Crippen LogP) is 7.48. The average Bonchev–Trinajstić information content (AvgIpc) is 3.40. The van der Waals surface area contributed by atoms with Gasteiger partial charge in [0.05, 0.1) is 12.7 Å². The van der Waals surface area contributed by atoms with E-state index in [0.29, 0.717) is 48.8 Å². The van der Waals surface area contributed by atoms with E-state index in [4.69, 9.17) is 16.3 Å². The molecule has 1 saturated carbocycles. The van der Waals surface area contributed by atoms with Gasteiger partial charge in [-0.25, -0.2) is 4.79 Å². The topological polar surface area (TPSA) is 98.2 Å². The zero-order valence-corrected chi connectivity index (χ0v) is 31.3. The first kappa shape index (κ1) is 36.2. The molecule has 0 bridgehead atoms. The van der Waals surface area contributed by atoms with E-state index in [1.807, 2.05) is 24.4 Å². The Bertz CT molecular complexity index is 1700. The maximum atomic E-state index is 13.0. The van der Waals surface area contributed by atoms with Crippen molar-refractivity contribution in [3.63, 3.8) is 0 Å². The van der Waals surface area contributed by atoms with Gasteiger partial charge in [0.25, 0.3) is 0 Å². The van der Waals surface area contributed by atoms with E-state index < -0.39 is 17.6 Å². The fourth-order valence-corrected chi connectivity index (χ4v) is 9.89. The highest BCUT2D eigenvalue weighted by Crippen LogP contribution is 2.56. The third-order valence-corrected chi connectivity index (χ3v) is 13.0. The Balaban J connectivity index is 1.13. The summed E-state index contributed by atoms with van der Waals surface area (Å²) in [6.07, 6.45) is 9.15. The van der Waals surface area contributed by atoms with E-state index in [9.17, 15) is 15.0 Å². The van der Waals surface area contributed by atoms with Crippen molar-refractivity contribution in [3.05, 3.63) is 87.7 Å². The SMILES string of the molecule is C[C@@H](COc1ccnc2c1[C@H](C)CCC2)C[C@H]1Cc2ccc([C@@H](O)CN3CCN(C)CC3)cc2C12CCC(Nc1cccc(Cl)c1)(C(=O)O)CC2. The molecule has 2 fully saturated rings. The Morgan fingerprint density at radius 3 is 2.63 bits per heavy atom. The highest BCUT2D eigenvalue weighted by atomic mass is 35.5. The van der Waals surface area contributed by atoms with E-state index in [1.165, 1.54) is 35.2 Å². The molecule has 8 nitrogen and oxygen atoms in total. The Hall–Kier alpha value is -3.17. The zero-order valence-electron chi connectivity index (χ0n) is 30.5. The Labute approximate surface area is 308 Å². The normalized spacial score (nSPS) is 27.8. The molecule has 0 unspecified atom stereocenters. The van der Waals surface area contributed by atoms with Gasteiger partial charge >= 0.3 is 5.97 Å². The van der Waals surface area contributed by atoms with Crippen LogP contribution in [0.1, 0.15) is 98.8 Å². The molecule has 3 N–H and O–H groups in total. The van der Waals surface area contributed by atoms with Gasteiger partial charge in [0.1, 0.15) is 11.3 Å². The number of aryl methyl sites for hydroxylation is 1. The Morgan fingerprint density at radius 2 is 1.88 bits per heavy atom. The summed E-state index contributed by atoms with van der Waals surface area (Å²) in [7, 11) is 2.15. The van der Waals surface area contributed by atoms with Crippen LogP contribution in [0.5, 0.6) is 5.75 Å². The summed E-state index contributed by atoms with van der Waals surface area (Å²) >= 11 is 6.30. The van der Waals surface area contributed by atoms with Crippen LogP contribution in [0.2, 0.25) is 5.02 Å². The van der Waals surface area contributed by atoms with E-state index in [2.05, 4.69) is 59.2 Å². The van der Waals surface area contributed by atoms with E-state index in [1.54, 1.807) is 12.1 Å². The fourth-order valence-electron chi connectivity index (χ4n) is 9.70. The zero-order chi connectivity index (χ0) is 35.8. The predicted molar refractivity (Wildman–Crippen MR) is 203 cm³/mol. The number of anilines is 1. The van der Waals surface area contributed by atoms with Crippen LogP contribution < -0.4 is 10.1 Å². The lowest BCUT2D eigenvalue weighted by Gasteiger charge is -2.47. The van der Waals surface area contributed by atoms with Gasteiger partial charge in [-0.15, -0.1) is 0 Å². The number of rotatable bonds is 11. The highest BCUT2D eigenvalue weighted by molar-refractivity contribution is 6.30. The van der Waals surface area contributed by atoms with Gasteiger partial charge in [0.15, 0.2) is 0 Å². The minimum Gasteiger partial charge on any atom is -0.493 e. The second kappa shape index (κ2) is 15.1. The second-order valence-electron chi connectivity index (χ2n) is 16.2. The number of carboxylic acid groups (broad SMARTS) is 1. The van der Waals surface area contributed by atoms with Crippen molar-refractivity contribution in [2.75, 3.05) is 51.7 Å². The van der Waals surface area contributed by atoms with Crippen LogP contribution in [-0.4, -0.2) is 82.9 Å². The van der Waals surface area contributed by atoms with E-state index in [0.717, 1.165) is 75.3 Å². The number of benzene rings is 2. The monoisotopic (exact) mass is 714 g/mol. The number of likely N-dealkylation sites (N-methyl/N-ethyl adjacent to an activating group) is 1. The molecule has 0 amide bonds. The van der Waals surface area contributed by atoms with Crippen molar-refractivity contribution in [1.82, 2.24) is 14.8 Å². The van der Waals surface area contributed by atoms with Crippen LogP contribution in [0, 0.1) is 11.8 Å². The second-order valence-corrected chi connectivity index (χ2v) is 16.7. The third-order valence-electron chi connectivity index (χ3n) is 12.7. The summed E-state index contributed by atoms with van der Waals surface area (Å²) < 4.78 is 6.59. The number of aliphatic hydroxyl groups excluding tert-OH is 1. The van der Waals surface area contributed by atoms with Crippen molar-refractivity contribution < 1.29 is 19.7 Å². The number of pyridine rings is 1. The molecule has 7 rings (SSSR count). The molecular weight excluding hydrogens is 660 g/mol. The number of hydrogen-bond donors (Lipinski definition) is 3. The van der Waals surface area contributed by atoms with Gasteiger partial charge in [0.2, 0.25) is 0 Å². The summed E-state index contributed by atoms with van der Waals surface area (Å²) in [5.41, 5.74) is 5.57. The average molecular weight is 715 g/mol. The van der Waals surface area contributed by atoms with Gasteiger partial charge in [-0.2, -0.15) is 0 Å². The van der Waals surface area contributed by atoms with Crippen molar-refractivity contribution in [1.29, 1.82) is 0 Å². The summed E-state index contributed by atoms with van der Waals surface area (Å²) in [5, 5.41) is 26.2. The first-order valence-electron chi connectivity index (χ1n) is 19.2.